The number of halogens is 3. The predicted molar refractivity (Wildman–Crippen MR) is 137 cm³/mol. The summed E-state index contributed by atoms with van der Waals surface area (Å²) >= 11 is 0. The van der Waals surface area contributed by atoms with Gasteiger partial charge in [0.15, 0.2) is 0 Å². The maximum atomic E-state index is 13.7. The summed E-state index contributed by atoms with van der Waals surface area (Å²) in [6.45, 7) is 2.98. The Morgan fingerprint density at radius 2 is 1.87 bits per heavy atom. The van der Waals surface area contributed by atoms with Gasteiger partial charge >= 0.3 is 6.18 Å². The SMILES string of the molecule is CC1(C)N=C(c2ccccc2C(F)(F)F)N(CC#Cc2cnc3c(c2)C[C@@]2(C3)C(=O)Nc3ncccc32)C1=O. The number of aliphatic imine (C=N–C) groups is 1. The van der Waals surface area contributed by atoms with Gasteiger partial charge in [0.1, 0.15) is 17.2 Å². The Bertz CT molecular complexity index is 1650. The smallest absolute Gasteiger partial charge is 0.310 e. The first-order chi connectivity index (χ1) is 18.5. The summed E-state index contributed by atoms with van der Waals surface area (Å²) in [5.41, 5.74) is 0.131. The minimum absolute atomic E-state index is 0.0548. The van der Waals surface area contributed by atoms with Gasteiger partial charge in [-0.2, -0.15) is 13.2 Å². The van der Waals surface area contributed by atoms with Crippen molar-refractivity contribution < 1.29 is 22.8 Å². The van der Waals surface area contributed by atoms with Crippen LogP contribution in [0.1, 0.15) is 47.4 Å². The van der Waals surface area contributed by atoms with Crippen LogP contribution in [0.15, 0.2) is 59.9 Å². The Morgan fingerprint density at radius 3 is 2.67 bits per heavy atom. The van der Waals surface area contributed by atoms with Crippen molar-refractivity contribution >= 4 is 23.5 Å². The van der Waals surface area contributed by atoms with E-state index in [1.165, 1.54) is 23.1 Å². The molecular weight excluding hydrogens is 507 g/mol. The molecule has 1 aliphatic carbocycles. The molecule has 1 spiro atoms. The number of benzene rings is 1. The molecule has 0 radical (unpaired) electrons. The summed E-state index contributed by atoms with van der Waals surface area (Å²) < 4.78 is 41.1. The lowest BCUT2D eigenvalue weighted by Gasteiger charge is -2.20. The first-order valence-electron chi connectivity index (χ1n) is 12.3. The van der Waals surface area contributed by atoms with Crippen LogP contribution >= 0.6 is 0 Å². The zero-order valence-corrected chi connectivity index (χ0v) is 21.1. The molecule has 1 atom stereocenters. The van der Waals surface area contributed by atoms with Crippen LogP contribution in [0.2, 0.25) is 0 Å². The van der Waals surface area contributed by atoms with Crippen LogP contribution in [0.25, 0.3) is 0 Å². The van der Waals surface area contributed by atoms with Gasteiger partial charge < -0.3 is 5.32 Å². The minimum Gasteiger partial charge on any atom is -0.310 e. The number of nitrogens with zero attached hydrogens (tertiary/aromatic N) is 4. The van der Waals surface area contributed by atoms with Gasteiger partial charge in [-0.05, 0) is 44.0 Å². The molecule has 2 amide bonds. The maximum Gasteiger partial charge on any atom is 0.417 e. The van der Waals surface area contributed by atoms with Crippen LogP contribution in [0, 0.1) is 11.8 Å². The number of anilines is 1. The third-order valence-corrected chi connectivity index (χ3v) is 7.36. The van der Waals surface area contributed by atoms with Crippen molar-refractivity contribution in [3.8, 4) is 11.8 Å². The minimum atomic E-state index is -4.60. The van der Waals surface area contributed by atoms with Crippen LogP contribution in [0.3, 0.4) is 0 Å². The first kappa shape index (κ1) is 24.8. The Hall–Kier alpha value is -4.52. The van der Waals surface area contributed by atoms with Gasteiger partial charge in [0.05, 0.1) is 17.5 Å². The average Bonchev–Trinajstić information content (AvgIpc) is 3.49. The lowest BCUT2D eigenvalue weighted by molar-refractivity contribution is -0.138. The number of carbonyl (C=O) groups is 2. The molecule has 0 fully saturated rings. The van der Waals surface area contributed by atoms with Crippen molar-refractivity contribution in [1.82, 2.24) is 14.9 Å². The van der Waals surface area contributed by atoms with E-state index in [0.29, 0.717) is 24.2 Å². The average molecular weight is 530 g/mol. The van der Waals surface area contributed by atoms with Gasteiger partial charge in [-0.15, -0.1) is 0 Å². The number of hydrogen-bond donors (Lipinski definition) is 1. The third-order valence-electron chi connectivity index (χ3n) is 7.36. The summed E-state index contributed by atoms with van der Waals surface area (Å²) in [6.07, 6.45) is -0.454. The molecule has 2 aromatic heterocycles. The molecule has 0 unspecified atom stereocenters. The third kappa shape index (κ3) is 3.96. The van der Waals surface area contributed by atoms with Crippen LogP contribution in [0.4, 0.5) is 19.0 Å². The number of hydrogen-bond acceptors (Lipinski definition) is 5. The topological polar surface area (TPSA) is 87.6 Å². The first-order valence-corrected chi connectivity index (χ1v) is 12.3. The van der Waals surface area contributed by atoms with Gasteiger partial charge in [0.25, 0.3) is 5.91 Å². The molecule has 3 aliphatic rings. The standard InChI is InChI=1S/C29H22F3N5O2/c1-27(2)26(39)37(24(36-27)19-8-3-4-9-20(19)29(30,31)32)12-6-7-17-13-18-14-28(15-22(18)34-16-17)21-10-5-11-33-23(21)35-25(28)38/h3-5,8-11,13,16H,12,14-15H2,1-2H3,(H,33,35,38)/t28-/m0/s1. The van der Waals surface area contributed by atoms with Crippen molar-refractivity contribution in [3.05, 3.63) is 88.4 Å². The molecule has 3 aromatic rings. The molecule has 7 nitrogen and oxygen atoms in total. The zero-order chi connectivity index (χ0) is 27.6. The van der Waals surface area contributed by atoms with Crippen LogP contribution in [0.5, 0.6) is 0 Å². The highest BCUT2D eigenvalue weighted by atomic mass is 19.4. The summed E-state index contributed by atoms with van der Waals surface area (Å²) in [5, 5.41) is 2.86. The second-order valence-corrected chi connectivity index (χ2v) is 10.4. The molecule has 6 rings (SSSR count). The fraction of sp³-hybridized carbons (Fsp3) is 0.276. The van der Waals surface area contributed by atoms with Gasteiger partial charge in [-0.1, -0.05) is 36.1 Å². The van der Waals surface area contributed by atoms with E-state index in [4.69, 9.17) is 0 Å². The molecule has 0 bridgehead atoms. The number of amidine groups is 1. The number of carbonyl (C=O) groups excluding carboxylic acids is 2. The van der Waals surface area contributed by atoms with Crippen molar-refractivity contribution in [2.75, 3.05) is 11.9 Å². The second kappa shape index (κ2) is 8.50. The Balaban J connectivity index is 1.27. The second-order valence-electron chi connectivity index (χ2n) is 10.4. The van der Waals surface area contributed by atoms with Gasteiger partial charge in [-0.3, -0.25) is 24.5 Å². The Labute approximate surface area is 222 Å². The number of alkyl halides is 3. The number of nitrogens with one attached hydrogen (secondary N) is 1. The molecule has 0 saturated heterocycles. The van der Waals surface area contributed by atoms with E-state index in [1.807, 2.05) is 12.1 Å². The number of amides is 2. The quantitative estimate of drug-likeness (QED) is 0.510. The molecule has 1 N–H and O–H groups in total. The van der Waals surface area contributed by atoms with Gasteiger partial charge in [0.2, 0.25) is 5.91 Å². The van der Waals surface area contributed by atoms with E-state index < -0.39 is 28.6 Å². The molecule has 1 aromatic carbocycles. The van der Waals surface area contributed by atoms with Crippen LogP contribution in [-0.2, 0) is 34.0 Å². The molecule has 0 saturated carbocycles. The summed E-state index contributed by atoms with van der Waals surface area (Å²) in [6, 6.07) is 10.6. The lowest BCUT2D eigenvalue weighted by Crippen LogP contribution is -2.40. The summed E-state index contributed by atoms with van der Waals surface area (Å²) in [4.78, 5) is 40.3. The number of pyridine rings is 2. The maximum absolute atomic E-state index is 13.7. The van der Waals surface area contributed by atoms with Gasteiger partial charge in [0, 0.05) is 41.2 Å². The van der Waals surface area contributed by atoms with Gasteiger partial charge in [-0.25, -0.2) is 4.98 Å². The van der Waals surface area contributed by atoms with E-state index in [9.17, 15) is 22.8 Å². The zero-order valence-electron chi connectivity index (χ0n) is 21.1. The summed E-state index contributed by atoms with van der Waals surface area (Å²) in [5.74, 6) is 5.86. The number of fused-ring (bicyclic) bond motifs is 3. The fourth-order valence-electron chi connectivity index (χ4n) is 5.48. The van der Waals surface area contributed by atoms with Crippen molar-refractivity contribution in [1.29, 1.82) is 0 Å². The normalized spacial score (nSPS) is 20.8. The van der Waals surface area contributed by atoms with Crippen molar-refractivity contribution in [3.63, 3.8) is 0 Å². The summed E-state index contributed by atoms with van der Waals surface area (Å²) in [7, 11) is 0. The molecule has 196 valence electrons. The van der Waals surface area contributed by atoms with E-state index >= 15 is 0 Å². The molecular formula is C29H22F3N5O2. The monoisotopic (exact) mass is 529 g/mol. The molecule has 39 heavy (non-hydrogen) atoms. The molecule has 2 aliphatic heterocycles. The number of rotatable bonds is 2. The van der Waals surface area contributed by atoms with E-state index in [0.717, 1.165) is 22.9 Å². The Morgan fingerprint density at radius 1 is 1.08 bits per heavy atom. The van der Waals surface area contributed by atoms with Crippen LogP contribution in [-0.4, -0.2) is 44.6 Å². The molecule has 4 heterocycles. The predicted octanol–water partition coefficient (Wildman–Crippen LogP) is 3.90. The van der Waals surface area contributed by atoms with Crippen molar-refractivity contribution in [2.24, 2.45) is 4.99 Å². The van der Waals surface area contributed by atoms with Crippen molar-refractivity contribution in [2.45, 2.75) is 43.8 Å². The highest BCUT2D eigenvalue weighted by Crippen LogP contribution is 2.46. The van der Waals surface area contributed by atoms with E-state index in [1.54, 1.807) is 32.3 Å². The fourth-order valence-corrected chi connectivity index (χ4v) is 5.48. The van der Waals surface area contributed by atoms with E-state index in [2.05, 4.69) is 32.1 Å². The highest BCUT2D eigenvalue weighted by Gasteiger charge is 2.51. The largest absolute Gasteiger partial charge is 0.417 e. The lowest BCUT2D eigenvalue weighted by atomic mass is 9.80. The highest BCUT2D eigenvalue weighted by molar-refractivity contribution is 6.15. The Kier molecular flexibility index (Phi) is 5.40. The van der Waals surface area contributed by atoms with Crippen LogP contribution < -0.4 is 5.32 Å². The molecule has 10 heteroatoms. The van der Waals surface area contributed by atoms with E-state index in [-0.39, 0.29) is 23.9 Å². The number of aromatic nitrogens is 2.